The van der Waals surface area contributed by atoms with Crippen molar-refractivity contribution < 1.29 is 35.9 Å². The largest absolute Gasteiger partial charge is 0.418 e. The van der Waals surface area contributed by atoms with Crippen molar-refractivity contribution in [3.8, 4) is 11.3 Å². The van der Waals surface area contributed by atoms with Gasteiger partial charge in [-0.05, 0) is 30.5 Å². The number of carbonyl (C=O) groups excluding carboxylic acids is 2. The summed E-state index contributed by atoms with van der Waals surface area (Å²) in [6.07, 6.45) is -6.16. The van der Waals surface area contributed by atoms with Crippen LogP contribution in [0.4, 0.5) is 32.2 Å². The molecule has 0 spiro atoms. The van der Waals surface area contributed by atoms with Crippen LogP contribution in [0.3, 0.4) is 0 Å². The molecule has 0 unspecified atom stereocenters. The molecule has 5 rings (SSSR count). The van der Waals surface area contributed by atoms with Crippen molar-refractivity contribution >= 4 is 23.1 Å². The van der Waals surface area contributed by atoms with Gasteiger partial charge in [-0.15, -0.1) is 0 Å². The normalized spacial score (nSPS) is 21.3. The Morgan fingerprint density at radius 3 is 2.56 bits per heavy atom. The van der Waals surface area contributed by atoms with E-state index < -0.39 is 53.1 Å². The quantitative estimate of drug-likeness (QED) is 0.464. The molecule has 1 saturated heterocycles. The fourth-order valence-electron chi connectivity index (χ4n) is 5.17. The van der Waals surface area contributed by atoms with E-state index in [1.54, 1.807) is 6.92 Å². The molecule has 1 aliphatic heterocycles. The molecule has 2 aliphatic rings. The lowest BCUT2D eigenvalue weighted by Crippen LogP contribution is -2.42. The molecule has 2 amide bonds. The molecule has 1 aromatic carbocycles. The van der Waals surface area contributed by atoms with E-state index in [2.05, 4.69) is 15.4 Å². The predicted octanol–water partition coefficient (Wildman–Crippen LogP) is 4.02. The van der Waals surface area contributed by atoms with Crippen LogP contribution in [-0.4, -0.2) is 62.5 Å². The Kier molecular flexibility index (Phi) is 6.46. The van der Waals surface area contributed by atoms with Crippen LogP contribution in [0, 0.1) is 12.8 Å². The number of rotatable bonds is 5. The Hall–Kier alpha value is -3.84. The highest BCUT2D eigenvalue weighted by molar-refractivity contribution is 5.97. The molecule has 8 nitrogen and oxygen atoms in total. The Bertz CT molecular complexity index is 1450. The molecule has 39 heavy (non-hydrogen) atoms. The predicted molar refractivity (Wildman–Crippen MR) is 128 cm³/mol. The zero-order valence-electron chi connectivity index (χ0n) is 20.6. The second kappa shape index (κ2) is 9.42. The summed E-state index contributed by atoms with van der Waals surface area (Å²) in [6.45, 7) is 1.22. The van der Waals surface area contributed by atoms with Crippen LogP contribution in [-0.2, 0) is 11.0 Å². The number of fused-ring (bicyclic) bond motifs is 1. The van der Waals surface area contributed by atoms with Gasteiger partial charge in [0, 0.05) is 36.9 Å². The van der Waals surface area contributed by atoms with Crippen LogP contribution < -0.4 is 11.1 Å². The topological polar surface area (TPSA) is 106 Å². The third-order valence-electron chi connectivity index (χ3n) is 7.22. The third-order valence-corrected chi connectivity index (χ3v) is 7.22. The van der Waals surface area contributed by atoms with Gasteiger partial charge in [0.05, 0.1) is 23.8 Å². The van der Waals surface area contributed by atoms with Gasteiger partial charge < -0.3 is 16.0 Å². The first-order valence-corrected chi connectivity index (χ1v) is 12.1. The van der Waals surface area contributed by atoms with E-state index in [9.17, 15) is 35.9 Å². The summed E-state index contributed by atoms with van der Waals surface area (Å²) in [5, 5.41) is 6.46. The van der Waals surface area contributed by atoms with Gasteiger partial charge in [0.1, 0.15) is 18.0 Å². The maximum absolute atomic E-state index is 14.7. The number of nitrogens with two attached hydrogens (primary N) is 1. The zero-order valence-corrected chi connectivity index (χ0v) is 20.6. The minimum Gasteiger partial charge on any atom is -0.382 e. The number of likely N-dealkylation sites (tertiary alicyclic amines) is 1. The average Bonchev–Trinajstić information content (AvgIpc) is 3.40. The molecule has 0 radical (unpaired) electrons. The van der Waals surface area contributed by atoms with E-state index in [0.717, 1.165) is 16.9 Å². The summed E-state index contributed by atoms with van der Waals surface area (Å²) in [7, 11) is 0. The molecule has 2 aromatic heterocycles. The lowest BCUT2D eigenvalue weighted by molar-refractivity contribution is -0.141. The number of halogens is 6. The first-order valence-electron chi connectivity index (χ1n) is 12.1. The highest BCUT2D eigenvalue weighted by Gasteiger charge is 2.47. The van der Waals surface area contributed by atoms with Gasteiger partial charge in [-0.3, -0.25) is 9.59 Å². The second-order valence-corrected chi connectivity index (χ2v) is 10.1. The molecule has 3 heterocycles. The van der Waals surface area contributed by atoms with Crippen molar-refractivity contribution in [2.75, 3.05) is 18.8 Å². The number of hydrogen-bond donors (Lipinski definition) is 2. The minimum absolute atomic E-state index is 0.0167. The molecule has 14 heteroatoms. The number of aromatic nitrogens is 3. The van der Waals surface area contributed by atoms with E-state index in [-0.39, 0.29) is 55.0 Å². The van der Waals surface area contributed by atoms with Crippen molar-refractivity contribution in [3.63, 3.8) is 0 Å². The summed E-state index contributed by atoms with van der Waals surface area (Å²) in [5.41, 5.74) is 5.06. The number of alkyl halides is 6. The molecule has 0 bridgehead atoms. The summed E-state index contributed by atoms with van der Waals surface area (Å²) in [4.78, 5) is 30.4. The molecule has 2 fully saturated rings. The standard InChI is InChI=1S/C25H24F6N6O2/c1-12-2-3-14(19-6-16(25(29,30)31)21-22(32)33-11-34-37(19)21)5-15(12)23(39)35-18-10-36(9-17(18)26)20(38)4-13-7-24(27,28)8-13/h2-3,5-6,11,13,17-18H,4,7-10H2,1H3,(H,35,39)(H2,32,33,34)/t17-,18+/m0/s1. The molecule has 1 saturated carbocycles. The highest BCUT2D eigenvalue weighted by atomic mass is 19.4. The van der Waals surface area contributed by atoms with Gasteiger partial charge in [-0.1, -0.05) is 12.1 Å². The second-order valence-electron chi connectivity index (χ2n) is 10.1. The smallest absolute Gasteiger partial charge is 0.382 e. The van der Waals surface area contributed by atoms with E-state index in [0.29, 0.717) is 5.56 Å². The number of nitrogens with zero attached hydrogens (tertiary/aromatic N) is 4. The number of anilines is 1. The molecular formula is C25H24F6N6O2. The van der Waals surface area contributed by atoms with E-state index >= 15 is 0 Å². The zero-order chi connectivity index (χ0) is 28.3. The van der Waals surface area contributed by atoms with Gasteiger partial charge in [-0.2, -0.15) is 18.3 Å². The van der Waals surface area contributed by atoms with Gasteiger partial charge in [0.2, 0.25) is 11.8 Å². The van der Waals surface area contributed by atoms with Crippen LogP contribution >= 0.6 is 0 Å². The van der Waals surface area contributed by atoms with E-state index in [1.807, 2.05) is 0 Å². The molecule has 1 aliphatic carbocycles. The average molecular weight is 554 g/mol. The van der Waals surface area contributed by atoms with Crippen LogP contribution in [0.25, 0.3) is 16.8 Å². The summed E-state index contributed by atoms with van der Waals surface area (Å²) in [6, 6.07) is 4.25. The van der Waals surface area contributed by atoms with E-state index in [1.165, 1.54) is 23.1 Å². The minimum atomic E-state index is -4.74. The highest BCUT2D eigenvalue weighted by Crippen LogP contribution is 2.44. The van der Waals surface area contributed by atoms with Gasteiger partial charge >= 0.3 is 6.18 Å². The summed E-state index contributed by atoms with van der Waals surface area (Å²) >= 11 is 0. The van der Waals surface area contributed by atoms with E-state index in [4.69, 9.17) is 5.73 Å². The van der Waals surface area contributed by atoms with Crippen molar-refractivity contribution in [1.82, 2.24) is 24.8 Å². The number of nitrogens with one attached hydrogen (secondary N) is 1. The molecule has 3 aromatic rings. The number of nitrogen functional groups attached to an aromatic ring is 1. The summed E-state index contributed by atoms with van der Waals surface area (Å²) in [5.74, 6) is -4.71. The van der Waals surface area contributed by atoms with Gasteiger partial charge in [-0.25, -0.2) is 22.7 Å². The van der Waals surface area contributed by atoms with Gasteiger partial charge in [0.15, 0.2) is 5.82 Å². The van der Waals surface area contributed by atoms with Crippen LogP contribution in [0.1, 0.15) is 40.7 Å². The SMILES string of the molecule is Cc1ccc(-c2cc(C(F)(F)F)c3c(N)ncnn23)cc1C(=O)N[C@@H]1CN(C(=O)CC2CC(F)(F)C2)C[C@@H]1F. The molecule has 208 valence electrons. The first-order chi connectivity index (χ1) is 18.2. The molecular weight excluding hydrogens is 530 g/mol. The maximum atomic E-state index is 14.7. The Balaban J connectivity index is 1.35. The lowest BCUT2D eigenvalue weighted by Gasteiger charge is -2.35. The number of carbonyl (C=O) groups is 2. The number of amides is 2. The monoisotopic (exact) mass is 554 g/mol. The third kappa shape index (κ3) is 5.11. The molecule has 3 N–H and O–H groups in total. The summed E-state index contributed by atoms with van der Waals surface area (Å²) < 4.78 is 82.9. The maximum Gasteiger partial charge on any atom is 0.418 e. The first kappa shape index (κ1) is 26.8. The fraction of sp³-hybridized carbons (Fsp3) is 0.440. The van der Waals surface area contributed by atoms with Gasteiger partial charge in [0.25, 0.3) is 5.91 Å². The van der Waals surface area contributed by atoms with Crippen molar-refractivity contribution in [1.29, 1.82) is 0 Å². The lowest BCUT2D eigenvalue weighted by atomic mass is 9.79. The molecule has 2 atom stereocenters. The Labute approximate surface area is 218 Å². The van der Waals surface area contributed by atoms with Crippen LogP contribution in [0.5, 0.6) is 0 Å². The van der Waals surface area contributed by atoms with Crippen LogP contribution in [0.15, 0.2) is 30.6 Å². The van der Waals surface area contributed by atoms with Crippen molar-refractivity contribution in [2.24, 2.45) is 5.92 Å². The van der Waals surface area contributed by atoms with Crippen LogP contribution in [0.2, 0.25) is 0 Å². The van der Waals surface area contributed by atoms with Crippen molar-refractivity contribution in [2.45, 2.75) is 50.5 Å². The van der Waals surface area contributed by atoms with Crippen molar-refractivity contribution in [3.05, 3.63) is 47.3 Å². The fourth-order valence-corrected chi connectivity index (χ4v) is 5.17. The number of aryl methyl sites for hydroxylation is 1. The Morgan fingerprint density at radius 2 is 1.90 bits per heavy atom. The number of benzene rings is 1. The number of hydrogen-bond acceptors (Lipinski definition) is 5. The Morgan fingerprint density at radius 1 is 1.18 bits per heavy atom.